The molecule has 1 unspecified atom stereocenters. The van der Waals surface area contributed by atoms with Crippen molar-refractivity contribution in [2.45, 2.75) is 25.8 Å². The molecule has 19 heavy (non-hydrogen) atoms. The lowest BCUT2D eigenvalue weighted by atomic mass is 9.92. The average Bonchev–Trinajstić information content (AvgIpc) is 2.53. The molecule has 0 spiro atoms. The summed E-state index contributed by atoms with van der Waals surface area (Å²) in [5.74, 6) is -2.07. The number of imide groups is 1. The molecular formula is C13H14F2N2O2. The molecule has 0 aliphatic carbocycles. The highest BCUT2D eigenvalue weighted by molar-refractivity contribution is 6.07. The van der Waals surface area contributed by atoms with Crippen molar-refractivity contribution in [2.75, 3.05) is 6.54 Å². The number of amides is 3. The van der Waals surface area contributed by atoms with Crippen LogP contribution in [0.4, 0.5) is 13.6 Å². The third-order valence-corrected chi connectivity index (χ3v) is 3.16. The molecule has 4 nitrogen and oxygen atoms in total. The van der Waals surface area contributed by atoms with E-state index in [9.17, 15) is 18.4 Å². The first-order valence-electron chi connectivity index (χ1n) is 5.99. The van der Waals surface area contributed by atoms with Crippen LogP contribution in [-0.4, -0.2) is 23.4 Å². The van der Waals surface area contributed by atoms with Crippen LogP contribution in [-0.2, 0) is 10.3 Å². The lowest BCUT2D eigenvalue weighted by Crippen LogP contribution is -2.41. The molecule has 1 heterocycles. The molecule has 1 aromatic rings. The van der Waals surface area contributed by atoms with E-state index in [4.69, 9.17) is 0 Å². The number of halogens is 2. The molecule has 6 heteroatoms. The van der Waals surface area contributed by atoms with E-state index < -0.39 is 29.1 Å². The van der Waals surface area contributed by atoms with Gasteiger partial charge in [0, 0.05) is 12.6 Å². The number of rotatable bonds is 3. The number of benzene rings is 1. The summed E-state index contributed by atoms with van der Waals surface area (Å²) in [5.41, 5.74) is -1.32. The Morgan fingerprint density at radius 2 is 1.79 bits per heavy atom. The van der Waals surface area contributed by atoms with Gasteiger partial charge in [0.2, 0.25) is 0 Å². The van der Waals surface area contributed by atoms with E-state index >= 15 is 0 Å². The fraction of sp³-hybridized carbons (Fsp3) is 0.385. The Balaban J connectivity index is 2.43. The van der Waals surface area contributed by atoms with Crippen LogP contribution in [0.15, 0.2) is 18.2 Å². The zero-order valence-corrected chi connectivity index (χ0v) is 10.7. The maximum Gasteiger partial charge on any atom is 0.325 e. The minimum atomic E-state index is -1.42. The number of carbonyl (C=O) groups excluding carboxylic acids is 2. The standard InChI is InChI=1S/C13H14F2N2O2/c1-3-4-17-11(18)13(2,16-12(17)19)8-5-9(14)7-10(15)6-8/h5-7H,3-4H2,1-2H3,(H,16,19). The van der Waals surface area contributed by atoms with E-state index in [1.807, 2.05) is 6.92 Å². The van der Waals surface area contributed by atoms with E-state index in [1.54, 1.807) is 0 Å². The summed E-state index contributed by atoms with van der Waals surface area (Å²) in [6.07, 6.45) is 0.618. The number of hydrogen-bond acceptors (Lipinski definition) is 2. The molecule has 2 rings (SSSR count). The van der Waals surface area contributed by atoms with Crippen LogP contribution in [0.3, 0.4) is 0 Å². The van der Waals surface area contributed by atoms with Gasteiger partial charge in [-0.25, -0.2) is 13.6 Å². The summed E-state index contributed by atoms with van der Waals surface area (Å²) in [5, 5.41) is 2.49. The first-order valence-corrected chi connectivity index (χ1v) is 5.99. The Morgan fingerprint density at radius 1 is 1.21 bits per heavy atom. The van der Waals surface area contributed by atoms with E-state index in [0.29, 0.717) is 6.42 Å². The molecule has 1 atom stereocenters. The van der Waals surface area contributed by atoms with Crippen LogP contribution >= 0.6 is 0 Å². The first-order chi connectivity index (χ1) is 8.88. The molecule has 1 saturated heterocycles. The van der Waals surface area contributed by atoms with Gasteiger partial charge in [-0.3, -0.25) is 9.69 Å². The third-order valence-electron chi connectivity index (χ3n) is 3.16. The molecule has 1 N–H and O–H groups in total. The molecule has 3 amide bonds. The topological polar surface area (TPSA) is 49.4 Å². The predicted molar refractivity (Wildman–Crippen MR) is 64.2 cm³/mol. The van der Waals surface area contributed by atoms with Gasteiger partial charge in [-0.1, -0.05) is 6.92 Å². The van der Waals surface area contributed by atoms with Crippen LogP contribution in [0, 0.1) is 11.6 Å². The van der Waals surface area contributed by atoms with Crippen LogP contribution in [0.25, 0.3) is 0 Å². The quantitative estimate of drug-likeness (QED) is 0.854. The van der Waals surface area contributed by atoms with Gasteiger partial charge >= 0.3 is 6.03 Å². The fourth-order valence-corrected chi connectivity index (χ4v) is 2.16. The van der Waals surface area contributed by atoms with Gasteiger partial charge in [0.05, 0.1) is 0 Å². The van der Waals surface area contributed by atoms with Crippen LogP contribution < -0.4 is 5.32 Å². The fourth-order valence-electron chi connectivity index (χ4n) is 2.16. The van der Waals surface area contributed by atoms with Crippen molar-refractivity contribution < 1.29 is 18.4 Å². The average molecular weight is 268 g/mol. The van der Waals surface area contributed by atoms with Crippen molar-refractivity contribution in [3.05, 3.63) is 35.4 Å². The highest BCUT2D eigenvalue weighted by Crippen LogP contribution is 2.29. The summed E-state index contributed by atoms with van der Waals surface area (Å²) in [6.45, 7) is 3.55. The molecule has 0 bridgehead atoms. The maximum absolute atomic E-state index is 13.2. The van der Waals surface area contributed by atoms with Crippen molar-refractivity contribution in [1.82, 2.24) is 10.2 Å². The third kappa shape index (κ3) is 2.18. The highest BCUT2D eigenvalue weighted by Gasteiger charge is 2.48. The molecule has 0 saturated carbocycles. The second-order valence-corrected chi connectivity index (χ2v) is 4.67. The summed E-state index contributed by atoms with van der Waals surface area (Å²) in [7, 11) is 0. The normalized spacial score (nSPS) is 22.8. The molecule has 1 aliphatic rings. The molecule has 0 radical (unpaired) electrons. The second-order valence-electron chi connectivity index (χ2n) is 4.67. The summed E-state index contributed by atoms with van der Waals surface area (Å²) >= 11 is 0. The summed E-state index contributed by atoms with van der Waals surface area (Å²) < 4.78 is 26.5. The van der Waals surface area contributed by atoms with Crippen molar-refractivity contribution in [3.8, 4) is 0 Å². The van der Waals surface area contributed by atoms with E-state index in [0.717, 1.165) is 23.1 Å². The van der Waals surface area contributed by atoms with Gasteiger partial charge < -0.3 is 5.32 Å². The number of urea groups is 1. The summed E-state index contributed by atoms with van der Waals surface area (Å²) in [6, 6.07) is 2.28. The SMILES string of the molecule is CCCN1C(=O)NC(C)(c2cc(F)cc(F)c2)C1=O. The lowest BCUT2D eigenvalue weighted by Gasteiger charge is -2.22. The van der Waals surface area contributed by atoms with Gasteiger partial charge in [-0.2, -0.15) is 0 Å². The van der Waals surface area contributed by atoms with E-state index in [2.05, 4.69) is 5.32 Å². The number of hydrogen-bond donors (Lipinski definition) is 1. The minimum Gasteiger partial charge on any atom is -0.319 e. The molecule has 0 aromatic heterocycles. The van der Waals surface area contributed by atoms with Crippen LogP contribution in [0.2, 0.25) is 0 Å². The Morgan fingerprint density at radius 3 is 2.32 bits per heavy atom. The Kier molecular flexibility index (Phi) is 3.26. The molecule has 1 aromatic carbocycles. The van der Waals surface area contributed by atoms with Crippen molar-refractivity contribution in [3.63, 3.8) is 0 Å². The minimum absolute atomic E-state index is 0.0990. The summed E-state index contributed by atoms with van der Waals surface area (Å²) in [4.78, 5) is 25.0. The van der Waals surface area contributed by atoms with Crippen LogP contribution in [0.5, 0.6) is 0 Å². The van der Waals surface area contributed by atoms with Gasteiger partial charge in [0.25, 0.3) is 5.91 Å². The van der Waals surface area contributed by atoms with Gasteiger partial charge in [-0.15, -0.1) is 0 Å². The Bertz CT molecular complexity index is 527. The maximum atomic E-state index is 13.2. The predicted octanol–water partition coefficient (Wildman–Crippen LogP) is 2.14. The van der Waals surface area contributed by atoms with Gasteiger partial charge in [0.1, 0.15) is 17.2 Å². The van der Waals surface area contributed by atoms with Gasteiger partial charge in [-0.05, 0) is 31.0 Å². The molecular weight excluding hydrogens is 254 g/mol. The zero-order chi connectivity index (χ0) is 14.2. The number of nitrogens with zero attached hydrogens (tertiary/aromatic N) is 1. The number of nitrogens with one attached hydrogen (secondary N) is 1. The molecule has 102 valence electrons. The van der Waals surface area contributed by atoms with E-state index in [-0.39, 0.29) is 12.1 Å². The van der Waals surface area contributed by atoms with Crippen LogP contribution in [0.1, 0.15) is 25.8 Å². The lowest BCUT2D eigenvalue weighted by molar-refractivity contribution is -0.131. The largest absolute Gasteiger partial charge is 0.325 e. The van der Waals surface area contributed by atoms with Gasteiger partial charge in [0.15, 0.2) is 0 Å². The Labute approximate surface area is 109 Å². The molecule has 1 fully saturated rings. The smallest absolute Gasteiger partial charge is 0.319 e. The van der Waals surface area contributed by atoms with Crippen molar-refractivity contribution in [2.24, 2.45) is 0 Å². The second kappa shape index (κ2) is 4.60. The molecule has 1 aliphatic heterocycles. The Hall–Kier alpha value is -1.98. The zero-order valence-electron chi connectivity index (χ0n) is 10.7. The number of carbonyl (C=O) groups is 2. The monoisotopic (exact) mass is 268 g/mol. The first kappa shape index (κ1) is 13.5. The van der Waals surface area contributed by atoms with Crippen molar-refractivity contribution >= 4 is 11.9 Å². The highest BCUT2D eigenvalue weighted by atomic mass is 19.1. The van der Waals surface area contributed by atoms with E-state index in [1.165, 1.54) is 6.92 Å². The van der Waals surface area contributed by atoms with Crippen molar-refractivity contribution in [1.29, 1.82) is 0 Å².